The Labute approximate surface area is 252 Å². The minimum Gasteiger partial charge on any atom is -0.497 e. The molecule has 0 atom stereocenters. The summed E-state index contributed by atoms with van der Waals surface area (Å²) in [6.45, 7) is 2.16. The molecule has 218 valence electrons. The van der Waals surface area contributed by atoms with Gasteiger partial charge >= 0.3 is 0 Å². The van der Waals surface area contributed by atoms with E-state index in [0.717, 1.165) is 44.6 Å². The Kier molecular flexibility index (Phi) is 8.43. The van der Waals surface area contributed by atoms with E-state index in [0.29, 0.717) is 48.7 Å². The fourth-order valence-corrected chi connectivity index (χ4v) is 4.71. The van der Waals surface area contributed by atoms with E-state index >= 15 is 0 Å². The van der Waals surface area contributed by atoms with Gasteiger partial charge in [0.15, 0.2) is 5.69 Å². The lowest BCUT2D eigenvalue weighted by Crippen LogP contribution is -2.15. The average Bonchev–Trinajstić information content (AvgIpc) is 3.54. The number of hydrogen-bond acceptors (Lipinski definition) is 11. The van der Waals surface area contributed by atoms with E-state index in [4.69, 9.17) is 35.3 Å². The number of hydrogen-bond donors (Lipinski definition) is 2. The molecule has 0 saturated heterocycles. The number of rotatable bonds is 12. The second-order valence-electron chi connectivity index (χ2n) is 9.45. The molecule has 11 nitrogen and oxygen atoms in total. The molecule has 12 heteroatoms. The summed E-state index contributed by atoms with van der Waals surface area (Å²) in [6, 6.07) is 22.5. The van der Waals surface area contributed by atoms with Crippen LogP contribution in [-0.2, 0) is 4.74 Å². The first-order chi connectivity index (χ1) is 21.1. The molecule has 3 aromatic heterocycles. The Morgan fingerprint density at radius 2 is 1.53 bits per heavy atom. The number of aromatic nitrogens is 5. The molecule has 0 amide bonds. The van der Waals surface area contributed by atoms with Gasteiger partial charge in [0.2, 0.25) is 5.82 Å². The molecule has 0 aliphatic carbocycles. The zero-order valence-corrected chi connectivity index (χ0v) is 24.3. The Hall–Kier alpha value is -5.00. The molecule has 0 radical (unpaired) electrons. The predicted octanol–water partition coefficient (Wildman–Crippen LogP) is 6.11. The van der Waals surface area contributed by atoms with Crippen molar-refractivity contribution < 1.29 is 18.7 Å². The Morgan fingerprint density at radius 3 is 2.30 bits per heavy atom. The van der Waals surface area contributed by atoms with Crippen LogP contribution >= 0.6 is 11.6 Å². The van der Waals surface area contributed by atoms with Crippen molar-refractivity contribution in [2.24, 2.45) is 0 Å². The third-order valence-corrected chi connectivity index (χ3v) is 6.94. The third kappa shape index (κ3) is 6.42. The van der Waals surface area contributed by atoms with Crippen molar-refractivity contribution in [3.8, 4) is 34.5 Å². The van der Waals surface area contributed by atoms with Gasteiger partial charge in [-0.1, -0.05) is 16.8 Å². The number of pyridine rings is 1. The molecule has 0 aliphatic heterocycles. The summed E-state index contributed by atoms with van der Waals surface area (Å²) < 4.78 is 21.8. The molecule has 43 heavy (non-hydrogen) atoms. The lowest BCUT2D eigenvalue weighted by Gasteiger charge is -2.14. The monoisotopic (exact) mass is 597 g/mol. The van der Waals surface area contributed by atoms with E-state index < -0.39 is 0 Å². The third-order valence-electron chi connectivity index (χ3n) is 6.70. The first-order valence-electron chi connectivity index (χ1n) is 13.6. The fourth-order valence-electron chi connectivity index (χ4n) is 4.54. The van der Waals surface area contributed by atoms with E-state index in [9.17, 15) is 0 Å². The summed E-state index contributed by atoms with van der Waals surface area (Å²) in [5.41, 5.74) is 3.93. The van der Waals surface area contributed by atoms with Gasteiger partial charge in [-0.2, -0.15) is 4.98 Å². The zero-order chi connectivity index (χ0) is 29.6. The maximum atomic E-state index is 6.23. The Bertz CT molecular complexity index is 1850. The number of nitrogens with one attached hydrogen (secondary N) is 2. The van der Waals surface area contributed by atoms with Crippen molar-refractivity contribution in [2.45, 2.75) is 0 Å². The van der Waals surface area contributed by atoms with Crippen LogP contribution in [-0.4, -0.2) is 65.8 Å². The number of halogens is 1. The van der Waals surface area contributed by atoms with Crippen molar-refractivity contribution in [3.63, 3.8) is 0 Å². The predicted molar refractivity (Wildman–Crippen MR) is 166 cm³/mol. The van der Waals surface area contributed by atoms with E-state index in [1.54, 1.807) is 26.4 Å². The highest BCUT2D eigenvalue weighted by Gasteiger charge is 2.13. The first kappa shape index (κ1) is 28.1. The van der Waals surface area contributed by atoms with Crippen molar-refractivity contribution in [1.82, 2.24) is 25.3 Å². The maximum Gasteiger partial charge on any atom is 0.278 e. The maximum absolute atomic E-state index is 6.23. The van der Waals surface area contributed by atoms with Crippen LogP contribution in [0.5, 0.6) is 11.5 Å². The first-order valence-corrected chi connectivity index (χ1v) is 13.9. The van der Waals surface area contributed by atoms with Crippen LogP contribution in [0.15, 0.2) is 77.3 Å². The molecule has 0 saturated carbocycles. The topological polar surface area (TPSA) is 129 Å². The molecule has 0 fully saturated rings. The van der Waals surface area contributed by atoms with Crippen molar-refractivity contribution in [1.29, 1.82) is 0 Å². The van der Waals surface area contributed by atoms with Gasteiger partial charge in [0.1, 0.15) is 17.3 Å². The molecule has 3 heterocycles. The zero-order valence-electron chi connectivity index (χ0n) is 23.5. The number of benzene rings is 3. The second kappa shape index (κ2) is 12.9. The van der Waals surface area contributed by atoms with Crippen LogP contribution in [0.4, 0.5) is 11.5 Å². The SMILES string of the molecule is COc1ccc(-c2noc(-c3ccc(NCCOCCNc4c5ccc(Cl)cc5nc5ccc(OC)cc45)nn3)n2)cc1. The van der Waals surface area contributed by atoms with Gasteiger partial charge in [0.05, 0.1) is 44.2 Å². The van der Waals surface area contributed by atoms with E-state index in [-0.39, 0.29) is 5.89 Å². The van der Waals surface area contributed by atoms with E-state index in [2.05, 4.69) is 31.0 Å². The largest absolute Gasteiger partial charge is 0.497 e. The van der Waals surface area contributed by atoms with Crippen molar-refractivity contribution in [2.75, 3.05) is 51.2 Å². The average molecular weight is 598 g/mol. The Balaban J connectivity index is 0.996. The number of nitrogens with zero attached hydrogens (tertiary/aromatic N) is 5. The summed E-state index contributed by atoms with van der Waals surface area (Å²) >= 11 is 6.23. The van der Waals surface area contributed by atoms with Gasteiger partial charge < -0.3 is 29.4 Å². The van der Waals surface area contributed by atoms with Gasteiger partial charge in [0.25, 0.3) is 5.89 Å². The van der Waals surface area contributed by atoms with Crippen LogP contribution in [0.3, 0.4) is 0 Å². The minimum atomic E-state index is 0.289. The quantitative estimate of drug-likeness (QED) is 0.125. The van der Waals surface area contributed by atoms with E-state index in [1.807, 2.05) is 60.7 Å². The summed E-state index contributed by atoms with van der Waals surface area (Å²) in [6.07, 6.45) is 0. The normalized spacial score (nSPS) is 11.1. The molecule has 3 aromatic carbocycles. The van der Waals surface area contributed by atoms with Crippen LogP contribution in [0.2, 0.25) is 5.02 Å². The van der Waals surface area contributed by atoms with Gasteiger partial charge in [-0.15, -0.1) is 10.2 Å². The highest BCUT2D eigenvalue weighted by molar-refractivity contribution is 6.31. The molecule has 0 spiro atoms. The van der Waals surface area contributed by atoms with E-state index in [1.165, 1.54) is 0 Å². The molecule has 6 aromatic rings. The lowest BCUT2D eigenvalue weighted by atomic mass is 10.1. The van der Waals surface area contributed by atoms with Gasteiger partial charge in [0, 0.05) is 34.4 Å². The number of fused-ring (bicyclic) bond motifs is 2. The summed E-state index contributed by atoms with van der Waals surface area (Å²) in [5.74, 6) is 2.88. The molecule has 2 N–H and O–H groups in total. The standard InChI is InChI=1S/C31H28ClN7O4/c1-40-21-6-3-19(4-7-21)30-36-31(43-39-30)26-11-12-28(38-37-26)33-13-15-42-16-14-34-29-23-9-5-20(32)17-27(23)35-25-10-8-22(41-2)18-24(25)29/h3-12,17-18H,13-16H2,1-2H3,(H,33,38)(H,34,35). The van der Waals surface area contributed by atoms with Gasteiger partial charge in [-0.05, 0) is 72.8 Å². The lowest BCUT2D eigenvalue weighted by molar-refractivity contribution is 0.154. The molecule has 6 rings (SSSR count). The Morgan fingerprint density at radius 1 is 0.744 bits per heavy atom. The molecule has 0 aliphatic rings. The highest BCUT2D eigenvalue weighted by Crippen LogP contribution is 2.34. The van der Waals surface area contributed by atoms with Crippen LogP contribution in [0.25, 0.3) is 44.8 Å². The van der Waals surface area contributed by atoms with Gasteiger partial charge in [-0.3, -0.25) is 0 Å². The summed E-state index contributed by atoms with van der Waals surface area (Å²) in [7, 11) is 3.27. The second-order valence-corrected chi connectivity index (χ2v) is 9.89. The highest BCUT2D eigenvalue weighted by atomic mass is 35.5. The minimum absolute atomic E-state index is 0.289. The van der Waals surface area contributed by atoms with Crippen LogP contribution in [0.1, 0.15) is 0 Å². The summed E-state index contributed by atoms with van der Waals surface area (Å²) in [4.78, 5) is 9.19. The van der Waals surface area contributed by atoms with Crippen LogP contribution in [0, 0.1) is 0 Å². The fraction of sp³-hybridized carbons (Fsp3) is 0.194. The number of ether oxygens (including phenoxy) is 3. The number of anilines is 2. The summed E-state index contributed by atoms with van der Waals surface area (Å²) in [5, 5.41) is 21.8. The smallest absolute Gasteiger partial charge is 0.278 e. The van der Waals surface area contributed by atoms with Crippen LogP contribution < -0.4 is 20.1 Å². The van der Waals surface area contributed by atoms with Gasteiger partial charge in [-0.25, -0.2) is 4.98 Å². The molecule has 0 bridgehead atoms. The van der Waals surface area contributed by atoms with Crippen molar-refractivity contribution >= 4 is 44.9 Å². The molecule has 0 unspecified atom stereocenters. The van der Waals surface area contributed by atoms with Crippen molar-refractivity contribution in [3.05, 3.63) is 77.8 Å². The molecular formula is C31H28ClN7O4. The number of methoxy groups -OCH3 is 2. The molecular weight excluding hydrogens is 570 g/mol.